The first kappa shape index (κ1) is 25.1. The lowest BCUT2D eigenvalue weighted by atomic mass is 10.1. The molecule has 0 radical (unpaired) electrons. The molecular weight excluding hydrogens is 487 g/mol. The van der Waals surface area contributed by atoms with E-state index in [0.717, 1.165) is 11.4 Å². The van der Waals surface area contributed by atoms with Gasteiger partial charge in [-0.2, -0.15) is 5.10 Å². The van der Waals surface area contributed by atoms with E-state index < -0.39 is 0 Å². The van der Waals surface area contributed by atoms with Crippen LogP contribution in [0.4, 0.5) is 10.1 Å². The smallest absolute Gasteiger partial charge is 0.272 e. The zero-order valence-electron chi connectivity index (χ0n) is 21.6. The first-order valence-corrected chi connectivity index (χ1v) is 12.3. The minimum Gasteiger partial charge on any atom is -0.497 e. The molecule has 0 spiro atoms. The molecule has 1 aromatic heterocycles. The lowest BCUT2D eigenvalue weighted by Crippen LogP contribution is -2.49. The average molecular weight is 517 g/mol. The summed E-state index contributed by atoms with van der Waals surface area (Å²) in [4.78, 5) is 17.9. The fourth-order valence-electron chi connectivity index (χ4n) is 4.58. The number of carbonyl (C=O) groups is 1. The van der Waals surface area contributed by atoms with Crippen molar-refractivity contribution >= 4 is 11.6 Å². The molecule has 8 nitrogen and oxygen atoms in total. The van der Waals surface area contributed by atoms with Gasteiger partial charge in [0.05, 0.1) is 32.7 Å². The lowest BCUT2D eigenvalue weighted by Gasteiger charge is -2.36. The summed E-state index contributed by atoms with van der Waals surface area (Å²) < 4.78 is 31.4. The first-order valence-electron chi connectivity index (χ1n) is 12.3. The Morgan fingerprint density at radius 1 is 0.763 bits per heavy atom. The number of piperazine rings is 1. The molecule has 9 heteroatoms. The predicted molar refractivity (Wildman–Crippen MR) is 143 cm³/mol. The topological polar surface area (TPSA) is 69.1 Å². The minimum absolute atomic E-state index is 0.144. The summed E-state index contributed by atoms with van der Waals surface area (Å²) in [6.07, 6.45) is 0. The van der Waals surface area contributed by atoms with E-state index >= 15 is 0 Å². The van der Waals surface area contributed by atoms with Crippen LogP contribution in [-0.4, -0.2) is 68.1 Å². The number of nitrogens with zero attached hydrogens (tertiary/aromatic N) is 4. The van der Waals surface area contributed by atoms with E-state index in [9.17, 15) is 9.18 Å². The second-order valence-corrected chi connectivity index (χ2v) is 8.85. The highest BCUT2D eigenvalue weighted by atomic mass is 19.1. The molecule has 4 aromatic rings. The molecule has 0 atom stereocenters. The van der Waals surface area contributed by atoms with E-state index in [-0.39, 0.29) is 11.7 Å². The van der Waals surface area contributed by atoms with Crippen molar-refractivity contribution in [3.05, 3.63) is 84.3 Å². The quantitative estimate of drug-likeness (QED) is 0.356. The molecular formula is C29H29FN4O4. The molecule has 196 valence electrons. The molecule has 38 heavy (non-hydrogen) atoms. The summed E-state index contributed by atoms with van der Waals surface area (Å²) >= 11 is 0. The summed E-state index contributed by atoms with van der Waals surface area (Å²) in [6, 6.07) is 21.0. The Bertz CT molecular complexity index is 1410. The average Bonchev–Trinajstić information content (AvgIpc) is 3.42. The molecule has 3 aromatic carbocycles. The van der Waals surface area contributed by atoms with Crippen LogP contribution in [0.1, 0.15) is 10.5 Å². The van der Waals surface area contributed by atoms with Crippen molar-refractivity contribution in [3.63, 3.8) is 0 Å². The number of halogens is 1. The van der Waals surface area contributed by atoms with E-state index in [1.807, 2.05) is 41.3 Å². The Hall–Kier alpha value is -4.53. The molecule has 0 N–H and O–H groups in total. The minimum atomic E-state index is -0.361. The van der Waals surface area contributed by atoms with Gasteiger partial charge in [0, 0.05) is 43.5 Å². The Balaban J connectivity index is 1.44. The molecule has 2 heterocycles. The molecule has 1 amide bonds. The SMILES string of the molecule is COc1ccc(N2CCN(C(=O)c3cc(-c4ccc(OC)cc4OC)nn3-c3ccc(F)cc3)CC2)cc1. The highest BCUT2D eigenvalue weighted by Crippen LogP contribution is 2.34. The molecule has 0 bridgehead atoms. The van der Waals surface area contributed by atoms with Crippen LogP contribution in [0.3, 0.4) is 0 Å². The van der Waals surface area contributed by atoms with E-state index in [4.69, 9.17) is 19.3 Å². The van der Waals surface area contributed by atoms with Gasteiger partial charge in [-0.3, -0.25) is 4.79 Å². The van der Waals surface area contributed by atoms with Gasteiger partial charge in [0.25, 0.3) is 5.91 Å². The van der Waals surface area contributed by atoms with Crippen molar-refractivity contribution in [2.24, 2.45) is 0 Å². The van der Waals surface area contributed by atoms with E-state index in [2.05, 4.69) is 4.90 Å². The van der Waals surface area contributed by atoms with Crippen molar-refractivity contribution in [1.29, 1.82) is 0 Å². The van der Waals surface area contributed by atoms with Gasteiger partial charge >= 0.3 is 0 Å². The molecule has 1 fully saturated rings. The molecule has 1 aliphatic rings. The van der Waals surface area contributed by atoms with Crippen molar-refractivity contribution in [2.45, 2.75) is 0 Å². The van der Waals surface area contributed by atoms with Crippen LogP contribution < -0.4 is 19.1 Å². The van der Waals surface area contributed by atoms with Crippen LogP contribution in [-0.2, 0) is 0 Å². The standard InChI is InChI=1S/C29H29FN4O4/c1-36-23-10-8-21(9-11-23)32-14-16-33(17-15-32)29(35)27-19-26(25-13-12-24(37-2)18-28(25)38-3)31-34(27)22-6-4-20(30)5-7-22/h4-13,18-19H,14-17H2,1-3H3. The highest BCUT2D eigenvalue weighted by Gasteiger charge is 2.27. The third-order valence-corrected chi connectivity index (χ3v) is 6.69. The predicted octanol–water partition coefficient (Wildman–Crippen LogP) is 4.67. The maximum atomic E-state index is 13.8. The Morgan fingerprint density at radius 2 is 1.39 bits per heavy atom. The summed E-state index contributed by atoms with van der Waals surface area (Å²) in [7, 11) is 4.80. The zero-order chi connectivity index (χ0) is 26.6. The van der Waals surface area contributed by atoms with Crippen molar-refractivity contribution in [2.75, 3.05) is 52.4 Å². The van der Waals surface area contributed by atoms with Crippen molar-refractivity contribution in [1.82, 2.24) is 14.7 Å². The van der Waals surface area contributed by atoms with Crippen molar-refractivity contribution in [3.8, 4) is 34.2 Å². The highest BCUT2D eigenvalue weighted by molar-refractivity contribution is 5.95. The third kappa shape index (κ3) is 5.00. The van der Waals surface area contributed by atoms with Gasteiger partial charge in [0.2, 0.25) is 0 Å². The summed E-state index contributed by atoms with van der Waals surface area (Å²) in [5.74, 6) is 1.52. The fraction of sp³-hybridized carbons (Fsp3) is 0.241. The second kappa shape index (κ2) is 10.8. The fourth-order valence-corrected chi connectivity index (χ4v) is 4.58. The Morgan fingerprint density at radius 3 is 2.03 bits per heavy atom. The van der Waals surface area contributed by atoms with E-state index in [1.165, 1.54) is 12.1 Å². The van der Waals surface area contributed by atoms with Gasteiger partial charge in [0.1, 0.15) is 28.8 Å². The first-order chi connectivity index (χ1) is 18.5. The zero-order valence-corrected chi connectivity index (χ0v) is 21.6. The number of hydrogen-bond donors (Lipinski definition) is 0. The number of hydrogen-bond acceptors (Lipinski definition) is 6. The van der Waals surface area contributed by atoms with Crippen LogP contribution in [0.5, 0.6) is 17.2 Å². The third-order valence-electron chi connectivity index (χ3n) is 6.69. The number of ether oxygens (including phenoxy) is 3. The van der Waals surface area contributed by atoms with Crippen LogP contribution in [0.25, 0.3) is 16.9 Å². The Labute approximate surface area is 220 Å². The largest absolute Gasteiger partial charge is 0.497 e. The lowest BCUT2D eigenvalue weighted by molar-refractivity contribution is 0.0737. The number of benzene rings is 3. The van der Waals surface area contributed by atoms with Crippen LogP contribution in [0.15, 0.2) is 72.8 Å². The van der Waals surface area contributed by atoms with Gasteiger partial charge in [0.15, 0.2) is 0 Å². The summed E-state index contributed by atoms with van der Waals surface area (Å²) in [6.45, 7) is 2.51. The van der Waals surface area contributed by atoms with E-state index in [0.29, 0.717) is 60.3 Å². The van der Waals surface area contributed by atoms with Gasteiger partial charge in [-0.25, -0.2) is 9.07 Å². The number of aromatic nitrogens is 2. The number of anilines is 1. The molecule has 1 saturated heterocycles. The number of methoxy groups -OCH3 is 3. The van der Waals surface area contributed by atoms with Gasteiger partial charge in [-0.15, -0.1) is 0 Å². The molecule has 1 aliphatic heterocycles. The normalized spacial score (nSPS) is 13.4. The molecule has 0 aliphatic carbocycles. The number of amides is 1. The maximum absolute atomic E-state index is 13.8. The monoisotopic (exact) mass is 516 g/mol. The van der Waals surface area contributed by atoms with Crippen LogP contribution in [0, 0.1) is 5.82 Å². The van der Waals surface area contributed by atoms with Crippen LogP contribution in [0.2, 0.25) is 0 Å². The molecule has 5 rings (SSSR count). The van der Waals surface area contributed by atoms with Gasteiger partial charge in [-0.1, -0.05) is 0 Å². The number of rotatable bonds is 7. The van der Waals surface area contributed by atoms with E-state index in [1.54, 1.807) is 50.3 Å². The number of carbonyl (C=O) groups excluding carboxylic acids is 1. The maximum Gasteiger partial charge on any atom is 0.272 e. The van der Waals surface area contributed by atoms with Crippen LogP contribution >= 0.6 is 0 Å². The van der Waals surface area contributed by atoms with Gasteiger partial charge < -0.3 is 24.0 Å². The molecule has 0 saturated carbocycles. The van der Waals surface area contributed by atoms with Gasteiger partial charge in [-0.05, 0) is 66.7 Å². The molecule has 0 unspecified atom stereocenters. The summed E-state index contributed by atoms with van der Waals surface area (Å²) in [5, 5.41) is 4.74. The van der Waals surface area contributed by atoms with Crippen molar-refractivity contribution < 1.29 is 23.4 Å². The Kier molecular flexibility index (Phi) is 7.17. The second-order valence-electron chi connectivity index (χ2n) is 8.85. The summed E-state index contributed by atoms with van der Waals surface area (Å²) in [5.41, 5.74) is 3.34.